The van der Waals surface area contributed by atoms with Crippen LogP contribution >= 0.6 is 11.6 Å². The maximum Gasteiger partial charge on any atom is 0.330 e. The molecular weight excluding hydrogens is 394 g/mol. The highest BCUT2D eigenvalue weighted by atomic mass is 35.5. The Morgan fingerprint density at radius 2 is 1.83 bits per heavy atom. The number of tetrazole rings is 1. The molecule has 0 saturated heterocycles. The fourth-order valence-corrected chi connectivity index (χ4v) is 2.59. The lowest BCUT2D eigenvalue weighted by Crippen LogP contribution is -2.36. The van der Waals surface area contributed by atoms with Crippen LogP contribution < -0.4 is 5.32 Å². The number of hydrogen-bond acceptors (Lipinski definition) is 6. The highest BCUT2D eigenvalue weighted by molar-refractivity contribution is 6.30. The predicted octanol–water partition coefficient (Wildman–Crippen LogP) is 2.55. The van der Waals surface area contributed by atoms with E-state index in [-0.39, 0.29) is 12.5 Å². The second kappa shape index (κ2) is 9.29. The number of rotatable bonds is 7. The number of halogens is 1. The van der Waals surface area contributed by atoms with E-state index in [2.05, 4.69) is 20.7 Å². The molecule has 0 aliphatic heterocycles. The van der Waals surface area contributed by atoms with E-state index in [4.69, 9.17) is 16.3 Å². The van der Waals surface area contributed by atoms with Crippen molar-refractivity contribution in [2.45, 2.75) is 33.0 Å². The molecule has 1 atom stereocenters. The van der Waals surface area contributed by atoms with Crippen LogP contribution in [0.25, 0.3) is 11.4 Å². The molecule has 0 bridgehead atoms. The van der Waals surface area contributed by atoms with Crippen LogP contribution in [0.3, 0.4) is 0 Å². The van der Waals surface area contributed by atoms with E-state index in [1.165, 1.54) is 6.92 Å². The van der Waals surface area contributed by atoms with E-state index in [1.807, 2.05) is 31.2 Å². The topological polar surface area (TPSA) is 99.0 Å². The third-order valence-corrected chi connectivity index (χ3v) is 4.34. The fraction of sp³-hybridized carbons (Fsp3) is 0.250. The SMILES string of the molecule is Cc1ccc(CNC(=O)[C@H](C)OC(=O)Cn2nnc(-c3ccc(Cl)cc3)n2)cc1. The van der Waals surface area contributed by atoms with Crippen molar-refractivity contribution in [3.05, 3.63) is 64.7 Å². The van der Waals surface area contributed by atoms with Crippen LogP contribution in [0.2, 0.25) is 5.02 Å². The Bertz CT molecular complexity index is 986. The molecule has 0 aliphatic rings. The molecule has 9 heteroatoms. The predicted molar refractivity (Wildman–Crippen MR) is 107 cm³/mol. The summed E-state index contributed by atoms with van der Waals surface area (Å²) in [5.74, 6) is -0.659. The van der Waals surface area contributed by atoms with Crippen LogP contribution in [0, 0.1) is 6.92 Å². The van der Waals surface area contributed by atoms with Crippen molar-refractivity contribution < 1.29 is 14.3 Å². The Morgan fingerprint density at radius 1 is 1.14 bits per heavy atom. The first kappa shape index (κ1) is 20.5. The average Bonchev–Trinajstić information content (AvgIpc) is 3.16. The molecule has 3 rings (SSSR count). The number of aromatic nitrogens is 4. The van der Waals surface area contributed by atoms with Crippen molar-refractivity contribution in [2.24, 2.45) is 0 Å². The van der Waals surface area contributed by atoms with Gasteiger partial charge in [0.05, 0.1) is 0 Å². The molecule has 0 radical (unpaired) electrons. The van der Waals surface area contributed by atoms with Gasteiger partial charge in [0.15, 0.2) is 12.6 Å². The first-order chi connectivity index (χ1) is 13.9. The van der Waals surface area contributed by atoms with Gasteiger partial charge >= 0.3 is 5.97 Å². The lowest BCUT2D eigenvalue weighted by Gasteiger charge is -2.13. The Morgan fingerprint density at radius 3 is 2.52 bits per heavy atom. The van der Waals surface area contributed by atoms with Crippen LogP contribution in [0.15, 0.2) is 48.5 Å². The van der Waals surface area contributed by atoms with Gasteiger partial charge in [0.25, 0.3) is 5.91 Å². The third-order valence-electron chi connectivity index (χ3n) is 4.09. The monoisotopic (exact) mass is 413 g/mol. The van der Waals surface area contributed by atoms with Gasteiger partial charge in [-0.05, 0) is 48.9 Å². The van der Waals surface area contributed by atoms with Gasteiger partial charge in [0, 0.05) is 17.1 Å². The van der Waals surface area contributed by atoms with Crippen LogP contribution in [0.4, 0.5) is 0 Å². The molecular formula is C20H20ClN5O3. The van der Waals surface area contributed by atoms with Crippen molar-refractivity contribution in [1.82, 2.24) is 25.5 Å². The lowest BCUT2D eigenvalue weighted by atomic mass is 10.1. The summed E-state index contributed by atoms with van der Waals surface area (Å²) in [6.07, 6.45) is -0.938. The van der Waals surface area contributed by atoms with Crippen molar-refractivity contribution in [3.63, 3.8) is 0 Å². The standard InChI is InChI=1S/C20H20ClN5O3/c1-13-3-5-15(6-4-13)11-22-20(28)14(2)29-18(27)12-26-24-19(23-25-26)16-7-9-17(21)10-8-16/h3-10,14H,11-12H2,1-2H3,(H,22,28)/t14-/m0/s1. The van der Waals surface area contributed by atoms with E-state index in [1.54, 1.807) is 24.3 Å². The largest absolute Gasteiger partial charge is 0.451 e. The number of nitrogens with one attached hydrogen (secondary N) is 1. The molecule has 29 heavy (non-hydrogen) atoms. The van der Waals surface area contributed by atoms with Gasteiger partial charge in [-0.2, -0.15) is 4.80 Å². The van der Waals surface area contributed by atoms with Crippen LogP contribution in [-0.4, -0.2) is 38.2 Å². The van der Waals surface area contributed by atoms with Crippen LogP contribution in [0.1, 0.15) is 18.1 Å². The molecule has 0 aliphatic carbocycles. The number of ether oxygens (including phenoxy) is 1. The maximum absolute atomic E-state index is 12.1. The molecule has 1 amide bonds. The van der Waals surface area contributed by atoms with Crippen molar-refractivity contribution in [3.8, 4) is 11.4 Å². The van der Waals surface area contributed by atoms with Gasteiger partial charge in [-0.1, -0.05) is 41.4 Å². The highest BCUT2D eigenvalue weighted by Crippen LogP contribution is 2.16. The van der Waals surface area contributed by atoms with Gasteiger partial charge in [0.2, 0.25) is 5.82 Å². The van der Waals surface area contributed by atoms with Gasteiger partial charge in [0.1, 0.15) is 0 Å². The number of hydrogen-bond donors (Lipinski definition) is 1. The van der Waals surface area contributed by atoms with Gasteiger partial charge in [-0.25, -0.2) is 4.79 Å². The minimum absolute atomic E-state index is 0.254. The van der Waals surface area contributed by atoms with Gasteiger partial charge in [-0.15, -0.1) is 10.2 Å². The fourth-order valence-electron chi connectivity index (χ4n) is 2.47. The molecule has 1 aromatic heterocycles. The third kappa shape index (κ3) is 5.86. The van der Waals surface area contributed by atoms with E-state index in [9.17, 15) is 9.59 Å². The quantitative estimate of drug-likeness (QED) is 0.597. The summed E-state index contributed by atoms with van der Waals surface area (Å²) >= 11 is 5.86. The molecule has 1 heterocycles. The molecule has 1 N–H and O–H groups in total. The molecule has 2 aromatic carbocycles. The Balaban J connectivity index is 1.48. The molecule has 3 aromatic rings. The zero-order valence-electron chi connectivity index (χ0n) is 16.0. The molecule has 0 saturated carbocycles. The number of nitrogens with zero attached hydrogens (tertiary/aromatic N) is 4. The second-order valence-corrected chi connectivity index (χ2v) is 6.92. The number of aryl methyl sites for hydroxylation is 1. The summed E-state index contributed by atoms with van der Waals surface area (Å²) in [5.41, 5.74) is 2.82. The van der Waals surface area contributed by atoms with Crippen molar-refractivity contribution >= 4 is 23.5 Å². The summed E-state index contributed by atoms with van der Waals surface area (Å²) in [6, 6.07) is 14.7. The normalized spacial score (nSPS) is 11.7. The van der Waals surface area contributed by atoms with Gasteiger partial charge < -0.3 is 10.1 Å². The second-order valence-electron chi connectivity index (χ2n) is 6.49. The van der Waals surface area contributed by atoms with E-state index >= 15 is 0 Å². The summed E-state index contributed by atoms with van der Waals surface area (Å²) in [4.78, 5) is 25.3. The smallest absolute Gasteiger partial charge is 0.330 e. The first-order valence-electron chi connectivity index (χ1n) is 8.97. The van der Waals surface area contributed by atoms with Crippen molar-refractivity contribution in [2.75, 3.05) is 0 Å². The van der Waals surface area contributed by atoms with E-state index in [0.717, 1.165) is 21.5 Å². The molecule has 0 fully saturated rings. The van der Waals surface area contributed by atoms with Crippen molar-refractivity contribution in [1.29, 1.82) is 0 Å². The zero-order chi connectivity index (χ0) is 20.8. The van der Waals surface area contributed by atoms with E-state index in [0.29, 0.717) is 17.4 Å². The molecule has 150 valence electrons. The number of benzene rings is 2. The molecule has 0 spiro atoms. The first-order valence-corrected chi connectivity index (χ1v) is 9.35. The summed E-state index contributed by atoms with van der Waals surface area (Å²) < 4.78 is 5.16. The average molecular weight is 414 g/mol. The number of amides is 1. The summed E-state index contributed by atoms with van der Waals surface area (Å²) in [6.45, 7) is 3.61. The van der Waals surface area contributed by atoms with Crippen LogP contribution in [-0.2, 0) is 27.4 Å². The minimum Gasteiger partial charge on any atom is -0.451 e. The molecule has 0 unspecified atom stereocenters. The Labute approximate surface area is 172 Å². The lowest BCUT2D eigenvalue weighted by molar-refractivity contribution is -0.155. The Hall–Kier alpha value is -3.26. The van der Waals surface area contributed by atoms with Gasteiger partial charge in [-0.3, -0.25) is 4.79 Å². The maximum atomic E-state index is 12.1. The minimum atomic E-state index is -0.938. The van der Waals surface area contributed by atoms with E-state index < -0.39 is 12.1 Å². The van der Waals surface area contributed by atoms with Crippen LogP contribution in [0.5, 0.6) is 0 Å². The summed E-state index contributed by atoms with van der Waals surface area (Å²) in [5, 5.41) is 15.2. The number of esters is 1. The number of carbonyl (C=O) groups excluding carboxylic acids is 2. The highest BCUT2D eigenvalue weighted by Gasteiger charge is 2.19. The number of carbonyl (C=O) groups is 2. The molecule has 8 nitrogen and oxygen atoms in total. The Kier molecular flexibility index (Phi) is 6.56. The zero-order valence-corrected chi connectivity index (χ0v) is 16.8. The summed E-state index contributed by atoms with van der Waals surface area (Å²) in [7, 11) is 0.